The van der Waals surface area contributed by atoms with Crippen molar-refractivity contribution in [3.05, 3.63) is 52.7 Å². The molecule has 1 aliphatic rings. The van der Waals surface area contributed by atoms with E-state index in [0.717, 1.165) is 18.2 Å². The number of rotatable bonds is 4. The number of aliphatic hydroxyl groups is 1. The topological polar surface area (TPSA) is 117 Å². The van der Waals surface area contributed by atoms with Crippen molar-refractivity contribution < 1.29 is 18.3 Å². The van der Waals surface area contributed by atoms with Crippen LogP contribution in [-0.4, -0.2) is 45.2 Å². The van der Waals surface area contributed by atoms with Gasteiger partial charge in [-0.1, -0.05) is 11.6 Å². The quantitative estimate of drug-likeness (QED) is 0.368. The fourth-order valence-corrected chi connectivity index (χ4v) is 5.39. The zero-order valence-corrected chi connectivity index (χ0v) is 18.2. The van der Waals surface area contributed by atoms with Gasteiger partial charge in [-0.25, -0.2) is 18.1 Å². The number of hydrogen-bond donors (Lipinski definition) is 1. The summed E-state index contributed by atoms with van der Waals surface area (Å²) in [6.07, 6.45) is 5.39. The first kappa shape index (κ1) is 20.2. The number of nitrogens with zero attached hydrogens (tertiary/aromatic N) is 5. The number of aromatic nitrogens is 5. The van der Waals surface area contributed by atoms with Crippen molar-refractivity contribution in [2.75, 3.05) is 6.26 Å². The molecule has 0 saturated heterocycles. The predicted octanol–water partition coefficient (Wildman–Crippen LogP) is 2.21. The molecule has 1 aliphatic carbocycles. The van der Waals surface area contributed by atoms with Crippen LogP contribution in [0.25, 0.3) is 21.9 Å². The third-order valence-corrected chi connectivity index (χ3v) is 6.98. The van der Waals surface area contributed by atoms with Crippen LogP contribution in [0.1, 0.15) is 31.1 Å². The van der Waals surface area contributed by atoms with E-state index >= 15 is 0 Å². The number of imidazole rings is 1. The highest BCUT2D eigenvalue weighted by molar-refractivity contribution is 7.90. The van der Waals surface area contributed by atoms with E-state index in [1.54, 1.807) is 12.1 Å². The Kier molecular flexibility index (Phi) is 4.68. The number of aliphatic hydroxyl groups excluding tert-OH is 1. The van der Waals surface area contributed by atoms with Gasteiger partial charge >= 0.3 is 0 Å². The Bertz CT molecular complexity index is 1430. The Labute approximate surface area is 183 Å². The van der Waals surface area contributed by atoms with E-state index in [1.165, 1.54) is 23.1 Å². The molecule has 1 fully saturated rings. The van der Waals surface area contributed by atoms with Gasteiger partial charge in [-0.05, 0) is 37.5 Å². The van der Waals surface area contributed by atoms with E-state index in [0.29, 0.717) is 44.8 Å². The summed E-state index contributed by atoms with van der Waals surface area (Å²) in [4.78, 5) is 4.74. The lowest BCUT2D eigenvalue weighted by Crippen LogP contribution is -2.24. The summed E-state index contributed by atoms with van der Waals surface area (Å²) in [5.41, 5.74) is 2.00. The molecule has 162 valence electrons. The van der Waals surface area contributed by atoms with E-state index in [4.69, 9.17) is 16.6 Å². The number of benzene rings is 1. The maximum atomic E-state index is 12.3. The van der Waals surface area contributed by atoms with Crippen molar-refractivity contribution in [2.24, 2.45) is 0 Å². The van der Waals surface area contributed by atoms with Gasteiger partial charge < -0.3 is 14.9 Å². The summed E-state index contributed by atoms with van der Waals surface area (Å²) < 4.78 is 28.7. The van der Waals surface area contributed by atoms with Crippen LogP contribution in [0.4, 0.5) is 0 Å². The Morgan fingerprint density at radius 3 is 2.81 bits per heavy atom. The maximum Gasteiger partial charge on any atom is 0.206 e. The van der Waals surface area contributed by atoms with E-state index in [1.807, 2.05) is 6.07 Å². The third-order valence-electron chi connectivity index (χ3n) is 5.74. The molecule has 5 rings (SSSR count). The molecule has 1 saturated carbocycles. The smallest absolute Gasteiger partial charge is 0.206 e. The van der Waals surface area contributed by atoms with Crippen LogP contribution in [0.2, 0.25) is 5.02 Å². The van der Waals surface area contributed by atoms with Crippen LogP contribution in [0.15, 0.2) is 41.7 Å². The molecule has 3 aromatic heterocycles. The molecule has 3 heterocycles. The summed E-state index contributed by atoms with van der Waals surface area (Å²) in [6.45, 7) is 0.162. The molecule has 31 heavy (non-hydrogen) atoms. The Balaban J connectivity index is 1.69. The van der Waals surface area contributed by atoms with Gasteiger partial charge in [0.05, 0.1) is 22.5 Å². The SMILES string of the molecule is CS(=O)(=O)c1nn(Cc2nc3cc(Cl)ccc3n2C2CCC(O)C2)c2c[n+]([O-])ccc12. The summed E-state index contributed by atoms with van der Waals surface area (Å²) in [5, 5.41) is 27.2. The minimum atomic E-state index is -3.60. The summed E-state index contributed by atoms with van der Waals surface area (Å²) in [5.74, 6) is 0.655. The van der Waals surface area contributed by atoms with E-state index in [-0.39, 0.29) is 23.7 Å². The number of fused-ring (bicyclic) bond motifs is 2. The molecule has 0 bridgehead atoms. The molecule has 2 atom stereocenters. The standard InChI is InChI=1S/C20H20ClN5O4S/c1-31(29,30)20-15-6-7-24(28)10-18(15)25(23-20)11-19-22-16-8-12(21)2-5-17(16)26(19)13-3-4-14(27)9-13/h2,5-8,10,13-14,27H,3-4,9,11H2,1H3. The molecule has 9 nitrogen and oxygen atoms in total. The van der Waals surface area contributed by atoms with Gasteiger partial charge in [0.2, 0.25) is 6.20 Å². The fraction of sp³-hybridized carbons (Fsp3) is 0.350. The molecule has 0 amide bonds. The van der Waals surface area contributed by atoms with E-state index in [2.05, 4.69) is 9.67 Å². The van der Waals surface area contributed by atoms with Crippen LogP contribution < -0.4 is 4.73 Å². The molecule has 1 N–H and O–H groups in total. The second-order valence-electron chi connectivity index (χ2n) is 7.99. The number of pyridine rings is 1. The molecule has 11 heteroatoms. The van der Waals surface area contributed by atoms with Crippen LogP contribution in [0.3, 0.4) is 0 Å². The number of hydrogen-bond acceptors (Lipinski definition) is 6. The van der Waals surface area contributed by atoms with Gasteiger partial charge in [0, 0.05) is 23.4 Å². The highest BCUT2D eigenvalue weighted by Gasteiger charge is 2.29. The van der Waals surface area contributed by atoms with Gasteiger partial charge in [-0.3, -0.25) is 0 Å². The van der Waals surface area contributed by atoms with Crippen molar-refractivity contribution in [3.8, 4) is 0 Å². The van der Waals surface area contributed by atoms with Gasteiger partial charge in [-0.15, -0.1) is 0 Å². The monoisotopic (exact) mass is 461 g/mol. The molecule has 0 spiro atoms. The highest BCUT2D eigenvalue weighted by atomic mass is 35.5. The van der Waals surface area contributed by atoms with Crippen molar-refractivity contribution in [1.29, 1.82) is 0 Å². The number of halogens is 1. The molecule has 0 radical (unpaired) electrons. The lowest BCUT2D eigenvalue weighted by molar-refractivity contribution is -0.604. The Hall–Kier alpha value is -2.69. The summed E-state index contributed by atoms with van der Waals surface area (Å²) in [6, 6.07) is 6.97. The van der Waals surface area contributed by atoms with Crippen molar-refractivity contribution in [3.63, 3.8) is 0 Å². The second kappa shape index (κ2) is 7.18. The summed E-state index contributed by atoms with van der Waals surface area (Å²) in [7, 11) is -3.60. The predicted molar refractivity (Wildman–Crippen MR) is 115 cm³/mol. The first-order valence-corrected chi connectivity index (χ1v) is 12.1. The van der Waals surface area contributed by atoms with Gasteiger partial charge in [0.25, 0.3) is 0 Å². The normalized spacial score (nSPS) is 19.6. The minimum Gasteiger partial charge on any atom is -0.619 e. The maximum absolute atomic E-state index is 12.3. The zero-order valence-electron chi connectivity index (χ0n) is 16.6. The fourth-order valence-electron chi connectivity index (χ4n) is 4.41. The lowest BCUT2D eigenvalue weighted by Gasteiger charge is -2.17. The average molecular weight is 462 g/mol. The molecule has 2 unspecified atom stereocenters. The van der Waals surface area contributed by atoms with Crippen LogP contribution in [0.5, 0.6) is 0 Å². The Morgan fingerprint density at radius 2 is 2.10 bits per heavy atom. The van der Waals surface area contributed by atoms with Crippen LogP contribution >= 0.6 is 11.6 Å². The van der Waals surface area contributed by atoms with E-state index in [9.17, 15) is 18.7 Å². The Morgan fingerprint density at radius 1 is 1.29 bits per heavy atom. The summed E-state index contributed by atoms with van der Waals surface area (Å²) >= 11 is 6.16. The van der Waals surface area contributed by atoms with E-state index < -0.39 is 9.84 Å². The van der Waals surface area contributed by atoms with Crippen molar-refractivity contribution >= 4 is 43.4 Å². The zero-order chi connectivity index (χ0) is 21.9. The van der Waals surface area contributed by atoms with Crippen molar-refractivity contribution in [2.45, 2.75) is 43.0 Å². The van der Waals surface area contributed by atoms with Crippen LogP contribution in [0, 0.1) is 5.21 Å². The van der Waals surface area contributed by atoms with Gasteiger partial charge in [0.1, 0.15) is 17.9 Å². The molecular weight excluding hydrogens is 442 g/mol. The second-order valence-corrected chi connectivity index (χ2v) is 10.4. The van der Waals surface area contributed by atoms with Gasteiger partial charge in [0.15, 0.2) is 21.1 Å². The molecule has 0 aliphatic heterocycles. The molecular formula is C20H20ClN5O4S. The lowest BCUT2D eigenvalue weighted by atomic mass is 10.2. The van der Waals surface area contributed by atoms with Crippen LogP contribution in [-0.2, 0) is 16.4 Å². The van der Waals surface area contributed by atoms with Crippen molar-refractivity contribution in [1.82, 2.24) is 19.3 Å². The van der Waals surface area contributed by atoms with Gasteiger partial charge in [-0.2, -0.15) is 9.83 Å². The largest absolute Gasteiger partial charge is 0.619 e. The first-order chi connectivity index (χ1) is 14.7. The number of sulfone groups is 1. The average Bonchev–Trinajstić information content (AvgIpc) is 3.36. The molecule has 4 aromatic rings. The highest BCUT2D eigenvalue weighted by Crippen LogP contribution is 2.35. The minimum absolute atomic E-state index is 0.0526. The molecule has 1 aromatic carbocycles. The third kappa shape index (κ3) is 3.54. The first-order valence-electron chi connectivity index (χ1n) is 9.84.